The fourth-order valence-corrected chi connectivity index (χ4v) is 4.24. The number of fused-ring (bicyclic) bond motifs is 3. The van der Waals surface area contributed by atoms with Gasteiger partial charge in [-0.1, -0.05) is 42.5 Å². The predicted molar refractivity (Wildman–Crippen MR) is 123 cm³/mol. The van der Waals surface area contributed by atoms with Crippen LogP contribution < -0.4 is 5.63 Å². The number of aromatic hydroxyl groups is 1. The molecule has 2 heterocycles. The Morgan fingerprint density at radius 2 is 1.87 bits per heavy atom. The number of allylic oxidation sites excluding steroid dienone is 1. The zero-order chi connectivity index (χ0) is 21.4. The van der Waals surface area contributed by atoms with Crippen molar-refractivity contribution in [3.05, 3.63) is 93.1 Å². The van der Waals surface area contributed by atoms with Gasteiger partial charge in [0.15, 0.2) is 0 Å². The topological polar surface area (TPSA) is 87.1 Å². The highest BCUT2D eigenvalue weighted by atomic mass is 32.1. The van der Waals surface area contributed by atoms with Crippen molar-refractivity contribution in [3.8, 4) is 23.1 Å². The van der Waals surface area contributed by atoms with Crippen LogP contribution in [0.15, 0.2) is 81.3 Å². The number of phenols is 1. The van der Waals surface area contributed by atoms with Gasteiger partial charge in [0.1, 0.15) is 22.4 Å². The molecule has 0 spiro atoms. The van der Waals surface area contributed by atoms with E-state index in [2.05, 4.69) is 11.1 Å². The van der Waals surface area contributed by atoms with Gasteiger partial charge in [0.25, 0.3) is 0 Å². The predicted octanol–water partition coefficient (Wildman–Crippen LogP) is 5.84. The van der Waals surface area contributed by atoms with E-state index in [0.717, 1.165) is 21.7 Å². The molecule has 5 nitrogen and oxygen atoms in total. The number of nitrogens with zero attached hydrogens (tertiary/aromatic N) is 2. The number of benzene rings is 3. The number of nitriles is 1. The van der Waals surface area contributed by atoms with E-state index in [1.807, 2.05) is 30.3 Å². The van der Waals surface area contributed by atoms with Crippen molar-refractivity contribution in [2.24, 2.45) is 0 Å². The molecule has 0 saturated heterocycles. The number of rotatable bonds is 3. The Labute approximate surface area is 180 Å². The molecule has 31 heavy (non-hydrogen) atoms. The number of hydrogen-bond donors (Lipinski definition) is 1. The molecule has 0 unspecified atom stereocenters. The van der Waals surface area contributed by atoms with Gasteiger partial charge in [-0.25, -0.2) is 9.78 Å². The Morgan fingerprint density at radius 1 is 1.06 bits per heavy atom. The third-order valence-corrected chi connectivity index (χ3v) is 5.85. The fourth-order valence-electron chi connectivity index (χ4n) is 3.45. The first-order chi connectivity index (χ1) is 15.1. The molecule has 0 saturated carbocycles. The molecular formula is C25H14N2O3S. The lowest BCUT2D eigenvalue weighted by Crippen LogP contribution is -2.03. The summed E-state index contributed by atoms with van der Waals surface area (Å²) in [4.78, 5) is 17.2. The minimum absolute atomic E-state index is 0.155. The molecule has 0 atom stereocenters. The van der Waals surface area contributed by atoms with Crippen LogP contribution in [0.1, 0.15) is 10.6 Å². The van der Waals surface area contributed by atoms with E-state index in [1.165, 1.54) is 11.3 Å². The van der Waals surface area contributed by atoms with E-state index in [9.17, 15) is 15.2 Å². The minimum atomic E-state index is -0.472. The van der Waals surface area contributed by atoms with Crippen molar-refractivity contribution in [1.82, 2.24) is 4.98 Å². The number of phenolic OH excluding ortho intramolecular Hbond substituents is 1. The third kappa shape index (κ3) is 3.48. The van der Waals surface area contributed by atoms with Crippen LogP contribution in [-0.4, -0.2) is 10.1 Å². The van der Waals surface area contributed by atoms with Gasteiger partial charge in [-0.05, 0) is 46.7 Å². The normalized spacial score (nSPS) is 11.6. The molecule has 0 aliphatic heterocycles. The first-order valence-electron chi connectivity index (χ1n) is 9.45. The second-order valence-electron chi connectivity index (χ2n) is 6.95. The Morgan fingerprint density at radius 3 is 2.68 bits per heavy atom. The van der Waals surface area contributed by atoms with Gasteiger partial charge in [-0.15, -0.1) is 11.3 Å². The molecule has 0 fully saturated rings. The van der Waals surface area contributed by atoms with Crippen LogP contribution in [-0.2, 0) is 0 Å². The lowest BCUT2D eigenvalue weighted by atomic mass is 10.0. The lowest BCUT2D eigenvalue weighted by molar-refractivity contribution is 0.475. The molecule has 0 aliphatic carbocycles. The third-order valence-electron chi connectivity index (χ3n) is 4.98. The summed E-state index contributed by atoms with van der Waals surface area (Å²) in [6.45, 7) is 0. The summed E-state index contributed by atoms with van der Waals surface area (Å²) < 4.78 is 5.56. The summed E-state index contributed by atoms with van der Waals surface area (Å²) in [5, 5.41) is 24.2. The Kier molecular flexibility index (Phi) is 4.58. The van der Waals surface area contributed by atoms with Crippen molar-refractivity contribution >= 4 is 44.7 Å². The average molecular weight is 422 g/mol. The molecule has 1 N–H and O–H groups in total. The van der Waals surface area contributed by atoms with Gasteiger partial charge < -0.3 is 9.52 Å². The van der Waals surface area contributed by atoms with E-state index < -0.39 is 5.63 Å². The van der Waals surface area contributed by atoms with E-state index in [0.29, 0.717) is 27.4 Å². The summed E-state index contributed by atoms with van der Waals surface area (Å²) >= 11 is 1.29. The SMILES string of the molecule is N#C/C(=C/c1ccc(O)cc1)c1nc(-c2cc3c(ccc4ccccc43)oc2=O)cs1. The summed E-state index contributed by atoms with van der Waals surface area (Å²) in [6.07, 6.45) is 1.69. The van der Waals surface area contributed by atoms with Gasteiger partial charge in [-0.2, -0.15) is 5.26 Å². The molecule has 0 radical (unpaired) electrons. The molecule has 2 aromatic heterocycles. The molecule has 5 aromatic rings. The Hall–Kier alpha value is -4.21. The zero-order valence-electron chi connectivity index (χ0n) is 16.1. The van der Waals surface area contributed by atoms with Gasteiger partial charge in [-0.3, -0.25) is 0 Å². The first kappa shape index (κ1) is 18.8. The van der Waals surface area contributed by atoms with E-state index in [-0.39, 0.29) is 5.75 Å². The molecule has 6 heteroatoms. The smallest absolute Gasteiger partial charge is 0.345 e. The summed E-state index contributed by atoms with van der Waals surface area (Å²) in [7, 11) is 0. The first-order valence-corrected chi connectivity index (χ1v) is 10.3. The van der Waals surface area contributed by atoms with Crippen LogP contribution in [0.5, 0.6) is 5.75 Å². The van der Waals surface area contributed by atoms with Gasteiger partial charge >= 0.3 is 5.63 Å². The number of hydrogen-bond acceptors (Lipinski definition) is 6. The maximum Gasteiger partial charge on any atom is 0.345 e. The second kappa shape index (κ2) is 7.56. The van der Waals surface area contributed by atoms with Crippen LogP contribution in [0.4, 0.5) is 0 Å². The van der Waals surface area contributed by atoms with Gasteiger partial charge in [0.05, 0.1) is 16.8 Å². The summed E-state index contributed by atoms with van der Waals surface area (Å²) in [5.74, 6) is 0.155. The molecule has 0 bridgehead atoms. The van der Waals surface area contributed by atoms with Crippen LogP contribution in [0.25, 0.3) is 44.6 Å². The standard InChI is InChI=1S/C25H14N2O3S/c26-13-17(11-15-5-8-18(28)9-6-15)24-27-22(14-31-24)21-12-20-19-4-2-1-3-16(19)7-10-23(20)30-25(21)29/h1-12,14,28H/b17-11-. The maximum absolute atomic E-state index is 12.6. The fraction of sp³-hybridized carbons (Fsp3) is 0. The largest absolute Gasteiger partial charge is 0.508 e. The highest BCUT2D eigenvalue weighted by molar-refractivity contribution is 7.11. The minimum Gasteiger partial charge on any atom is -0.508 e. The molecule has 5 rings (SSSR count). The summed E-state index contributed by atoms with van der Waals surface area (Å²) in [5.41, 5.74) is 2.01. The van der Waals surface area contributed by atoms with Crippen molar-refractivity contribution < 1.29 is 9.52 Å². The van der Waals surface area contributed by atoms with E-state index in [1.54, 1.807) is 47.9 Å². The average Bonchev–Trinajstić information content (AvgIpc) is 3.28. The number of thiazole rings is 1. The molecule has 0 amide bonds. The molecule has 0 aliphatic rings. The monoisotopic (exact) mass is 422 g/mol. The van der Waals surface area contributed by atoms with Crippen LogP contribution in [0.2, 0.25) is 0 Å². The Balaban J connectivity index is 1.61. The van der Waals surface area contributed by atoms with Crippen molar-refractivity contribution in [3.63, 3.8) is 0 Å². The highest BCUT2D eigenvalue weighted by Gasteiger charge is 2.15. The van der Waals surface area contributed by atoms with Gasteiger partial charge in [0, 0.05) is 10.8 Å². The zero-order valence-corrected chi connectivity index (χ0v) is 16.9. The van der Waals surface area contributed by atoms with Crippen molar-refractivity contribution in [2.75, 3.05) is 0 Å². The summed E-state index contributed by atoms with van der Waals surface area (Å²) in [6, 6.07) is 22.1. The maximum atomic E-state index is 12.6. The molecular weight excluding hydrogens is 408 g/mol. The molecule has 3 aromatic carbocycles. The van der Waals surface area contributed by atoms with Crippen LogP contribution in [0, 0.1) is 11.3 Å². The molecule has 148 valence electrons. The van der Waals surface area contributed by atoms with Crippen molar-refractivity contribution in [2.45, 2.75) is 0 Å². The van der Waals surface area contributed by atoms with E-state index >= 15 is 0 Å². The van der Waals surface area contributed by atoms with E-state index in [4.69, 9.17) is 4.42 Å². The second-order valence-corrected chi connectivity index (χ2v) is 7.80. The highest BCUT2D eigenvalue weighted by Crippen LogP contribution is 2.30. The number of aromatic nitrogens is 1. The van der Waals surface area contributed by atoms with Crippen LogP contribution >= 0.6 is 11.3 Å². The van der Waals surface area contributed by atoms with Crippen molar-refractivity contribution in [1.29, 1.82) is 5.26 Å². The van der Waals surface area contributed by atoms with Gasteiger partial charge in [0.2, 0.25) is 0 Å². The van der Waals surface area contributed by atoms with Crippen LogP contribution in [0.3, 0.4) is 0 Å². The Bertz CT molecular complexity index is 1570. The quantitative estimate of drug-likeness (QED) is 0.224. The lowest BCUT2D eigenvalue weighted by Gasteiger charge is -2.04.